The molecule has 0 spiro atoms. The average Bonchev–Trinajstić information content (AvgIpc) is 3.35. The van der Waals surface area contributed by atoms with Crippen molar-refractivity contribution in [1.82, 2.24) is 5.32 Å². The molecule has 0 aromatic heterocycles. The van der Waals surface area contributed by atoms with Crippen molar-refractivity contribution in [2.24, 2.45) is 0 Å². The molecule has 0 bridgehead atoms. The van der Waals surface area contributed by atoms with Crippen molar-refractivity contribution in [3.8, 4) is 11.1 Å². The monoisotopic (exact) mass is 613 g/mol. The van der Waals surface area contributed by atoms with E-state index in [1.165, 1.54) is 34.4 Å². The first-order valence-electron chi connectivity index (χ1n) is 14.4. The fourth-order valence-corrected chi connectivity index (χ4v) is 5.55. The molecule has 0 heterocycles. The number of benzene rings is 3. The van der Waals surface area contributed by atoms with Crippen molar-refractivity contribution in [3.63, 3.8) is 0 Å². The van der Waals surface area contributed by atoms with Crippen LogP contribution in [0, 0.1) is 0 Å². The van der Waals surface area contributed by atoms with Crippen molar-refractivity contribution < 1.29 is 41.1 Å². The first kappa shape index (κ1) is 32.6. The number of alkyl carbamates (subject to hydrolysis) is 1. The van der Waals surface area contributed by atoms with Crippen LogP contribution in [0.1, 0.15) is 23.5 Å². The third-order valence-electron chi connectivity index (χ3n) is 6.69. The second-order valence-electron chi connectivity index (χ2n) is 9.64. The fraction of sp³-hybridized carbons (Fsp3) is 0.406. The van der Waals surface area contributed by atoms with Crippen molar-refractivity contribution in [1.29, 1.82) is 0 Å². The molecule has 43 heavy (non-hydrogen) atoms. The highest BCUT2D eigenvalue weighted by Crippen LogP contribution is 2.44. The lowest BCUT2D eigenvalue weighted by Gasteiger charge is -2.14. The van der Waals surface area contributed by atoms with Crippen molar-refractivity contribution >= 4 is 16.2 Å². The Morgan fingerprint density at radius 3 is 1.70 bits per heavy atom. The number of rotatable bonds is 20. The van der Waals surface area contributed by atoms with E-state index in [0.29, 0.717) is 65.8 Å². The van der Waals surface area contributed by atoms with Gasteiger partial charge >= 0.3 is 6.09 Å². The van der Waals surface area contributed by atoms with E-state index in [1.807, 2.05) is 24.3 Å². The quantitative estimate of drug-likeness (QED) is 0.146. The average molecular weight is 614 g/mol. The predicted octanol–water partition coefficient (Wildman–Crippen LogP) is 4.39. The summed E-state index contributed by atoms with van der Waals surface area (Å²) in [6, 6.07) is 24.5. The summed E-state index contributed by atoms with van der Waals surface area (Å²) in [6.45, 7) is 3.73. The highest BCUT2D eigenvalue weighted by atomic mass is 32.2. The van der Waals surface area contributed by atoms with Gasteiger partial charge in [-0.05, 0) is 40.8 Å². The van der Waals surface area contributed by atoms with Gasteiger partial charge in [-0.3, -0.25) is 4.18 Å². The molecular formula is C32H39NO9S. The standard InChI is InChI=1S/C32H39NO9S/c34-32(41-25-31-29-13-6-4-11-27(29)28-12-5-7-14-30(28)31)33-15-8-16-37-17-18-38-19-20-39-21-22-40-23-24-42-43(35,36)26-9-2-1-3-10-26/h1-7,9-14,31H,8,15-25H2,(H,33,34). The van der Waals surface area contributed by atoms with Gasteiger partial charge in [-0.2, -0.15) is 8.42 Å². The summed E-state index contributed by atoms with van der Waals surface area (Å²) >= 11 is 0. The molecule has 0 unspecified atom stereocenters. The zero-order valence-electron chi connectivity index (χ0n) is 24.2. The Bertz CT molecular complexity index is 1320. The van der Waals surface area contributed by atoms with Gasteiger partial charge in [0.2, 0.25) is 0 Å². The maximum Gasteiger partial charge on any atom is 0.407 e. The lowest BCUT2D eigenvalue weighted by atomic mass is 9.98. The number of amides is 1. The maximum absolute atomic E-state index is 12.2. The zero-order chi connectivity index (χ0) is 30.2. The minimum absolute atomic E-state index is 0.0406. The van der Waals surface area contributed by atoms with E-state index in [0.717, 1.165) is 0 Å². The second-order valence-corrected chi connectivity index (χ2v) is 11.3. The van der Waals surface area contributed by atoms with E-state index in [4.69, 9.17) is 27.9 Å². The van der Waals surface area contributed by atoms with Gasteiger partial charge in [0.15, 0.2) is 0 Å². The van der Waals surface area contributed by atoms with Crippen LogP contribution < -0.4 is 5.32 Å². The molecule has 1 N–H and O–H groups in total. The lowest BCUT2D eigenvalue weighted by Crippen LogP contribution is -2.27. The molecular weight excluding hydrogens is 574 g/mol. The molecule has 1 aliphatic rings. The Morgan fingerprint density at radius 1 is 0.628 bits per heavy atom. The Kier molecular flexibility index (Phi) is 13.4. The van der Waals surface area contributed by atoms with Crippen LogP contribution in [0.4, 0.5) is 4.79 Å². The number of hydrogen-bond acceptors (Lipinski definition) is 9. The molecule has 0 aliphatic heterocycles. The summed E-state index contributed by atoms with van der Waals surface area (Å²) in [4.78, 5) is 12.3. The molecule has 0 fully saturated rings. The Hall–Kier alpha value is -3.32. The van der Waals surface area contributed by atoms with E-state index in [1.54, 1.807) is 18.2 Å². The van der Waals surface area contributed by atoms with E-state index in [9.17, 15) is 13.2 Å². The van der Waals surface area contributed by atoms with Crippen molar-refractivity contribution in [2.45, 2.75) is 17.2 Å². The number of carbonyl (C=O) groups excluding carboxylic acids is 1. The van der Waals surface area contributed by atoms with Crippen LogP contribution in [0.25, 0.3) is 11.1 Å². The third kappa shape index (κ3) is 10.4. The highest BCUT2D eigenvalue weighted by molar-refractivity contribution is 7.86. The van der Waals surface area contributed by atoms with Crippen LogP contribution in [0.3, 0.4) is 0 Å². The molecule has 11 heteroatoms. The van der Waals surface area contributed by atoms with Crippen LogP contribution in [0.15, 0.2) is 83.8 Å². The first-order chi connectivity index (χ1) is 21.1. The number of carbonyl (C=O) groups is 1. The van der Waals surface area contributed by atoms with E-state index >= 15 is 0 Å². The number of hydrogen-bond donors (Lipinski definition) is 1. The molecule has 4 rings (SSSR count). The lowest BCUT2D eigenvalue weighted by molar-refractivity contribution is -0.00453. The van der Waals surface area contributed by atoms with Crippen LogP contribution >= 0.6 is 0 Å². The fourth-order valence-electron chi connectivity index (χ4n) is 4.63. The summed E-state index contributed by atoms with van der Waals surface area (Å²) in [5.74, 6) is 0.0406. The molecule has 10 nitrogen and oxygen atoms in total. The molecule has 1 amide bonds. The van der Waals surface area contributed by atoms with Gasteiger partial charge < -0.3 is 29.0 Å². The number of fused-ring (bicyclic) bond motifs is 3. The molecule has 0 atom stereocenters. The molecule has 0 radical (unpaired) electrons. The largest absolute Gasteiger partial charge is 0.449 e. The van der Waals surface area contributed by atoms with Crippen LogP contribution in [0.2, 0.25) is 0 Å². The summed E-state index contributed by atoms with van der Waals surface area (Å²) in [6.07, 6.45) is 0.233. The SMILES string of the molecule is O=C(NCCCOCCOCCOCCOCCOS(=O)(=O)c1ccccc1)OCC1c2ccccc2-c2ccccc21. The summed E-state index contributed by atoms with van der Waals surface area (Å²) < 4.78 is 56.2. The Balaban J connectivity index is 0.917. The maximum atomic E-state index is 12.2. The van der Waals surface area contributed by atoms with Gasteiger partial charge in [-0.15, -0.1) is 0 Å². The first-order valence-corrected chi connectivity index (χ1v) is 15.8. The second kappa shape index (κ2) is 17.7. The van der Waals surface area contributed by atoms with E-state index in [-0.39, 0.29) is 24.0 Å². The number of ether oxygens (including phenoxy) is 5. The molecule has 3 aromatic rings. The van der Waals surface area contributed by atoms with Gasteiger partial charge in [-0.1, -0.05) is 66.7 Å². The van der Waals surface area contributed by atoms with Gasteiger partial charge in [-0.25, -0.2) is 4.79 Å². The number of nitrogens with one attached hydrogen (secondary N) is 1. The van der Waals surface area contributed by atoms with Gasteiger partial charge in [0.1, 0.15) is 6.61 Å². The van der Waals surface area contributed by atoms with Gasteiger partial charge in [0.25, 0.3) is 10.1 Å². The minimum atomic E-state index is -3.76. The molecule has 0 saturated heterocycles. The Labute approximate surface area is 253 Å². The molecule has 3 aromatic carbocycles. The molecule has 232 valence electrons. The normalized spacial score (nSPS) is 12.6. The van der Waals surface area contributed by atoms with Crippen LogP contribution in [-0.2, 0) is 38.0 Å². The van der Waals surface area contributed by atoms with Gasteiger partial charge in [0, 0.05) is 19.1 Å². The Morgan fingerprint density at radius 2 is 1.12 bits per heavy atom. The van der Waals surface area contributed by atoms with Gasteiger partial charge in [0.05, 0.1) is 57.8 Å². The van der Waals surface area contributed by atoms with E-state index < -0.39 is 16.2 Å². The van der Waals surface area contributed by atoms with Crippen molar-refractivity contribution in [3.05, 3.63) is 90.0 Å². The van der Waals surface area contributed by atoms with Crippen LogP contribution in [0.5, 0.6) is 0 Å². The zero-order valence-corrected chi connectivity index (χ0v) is 25.0. The van der Waals surface area contributed by atoms with E-state index in [2.05, 4.69) is 29.6 Å². The third-order valence-corrected chi connectivity index (χ3v) is 8.02. The summed E-state index contributed by atoms with van der Waals surface area (Å²) in [5.41, 5.74) is 4.77. The minimum Gasteiger partial charge on any atom is -0.449 e. The molecule has 0 saturated carbocycles. The topological polar surface area (TPSA) is 119 Å². The predicted molar refractivity (Wildman–Crippen MR) is 161 cm³/mol. The van der Waals surface area contributed by atoms with Crippen LogP contribution in [-0.4, -0.2) is 87.1 Å². The smallest absolute Gasteiger partial charge is 0.407 e. The summed E-state index contributed by atoms with van der Waals surface area (Å²) in [5, 5.41) is 2.78. The summed E-state index contributed by atoms with van der Waals surface area (Å²) in [7, 11) is -3.76. The highest BCUT2D eigenvalue weighted by Gasteiger charge is 2.28. The van der Waals surface area contributed by atoms with Crippen molar-refractivity contribution in [2.75, 3.05) is 72.6 Å². The molecule has 1 aliphatic carbocycles.